The molecule has 2 aromatic heterocycles. The second-order valence-electron chi connectivity index (χ2n) is 6.43. The predicted octanol–water partition coefficient (Wildman–Crippen LogP) is 1.04. The molecule has 0 aliphatic carbocycles. The Morgan fingerprint density at radius 3 is 2.93 bits per heavy atom. The summed E-state index contributed by atoms with van der Waals surface area (Å²) in [4.78, 5) is 12.7. The van der Waals surface area contributed by atoms with Crippen molar-refractivity contribution in [1.82, 2.24) is 19.5 Å². The normalized spacial score (nSPS) is 24.6. The Kier molecular flexibility index (Phi) is 5.07. The Labute approximate surface area is 159 Å². The lowest BCUT2D eigenvalue weighted by atomic mass is 10.1. The van der Waals surface area contributed by atoms with E-state index in [0.717, 1.165) is 11.3 Å². The van der Waals surface area contributed by atoms with E-state index in [1.54, 1.807) is 7.11 Å². The van der Waals surface area contributed by atoms with E-state index in [2.05, 4.69) is 20.3 Å². The molecule has 1 fully saturated rings. The Hall–Kier alpha value is -2.82. The number of imidazole rings is 1. The van der Waals surface area contributed by atoms with Crippen LogP contribution in [0.3, 0.4) is 0 Å². The summed E-state index contributed by atoms with van der Waals surface area (Å²) in [6, 6.07) is 7.61. The zero-order valence-corrected chi connectivity index (χ0v) is 15.1. The molecule has 4 rings (SSSR count). The topological polar surface area (TPSA) is 115 Å². The molecule has 148 valence electrons. The van der Waals surface area contributed by atoms with Crippen LogP contribution in [0.25, 0.3) is 11.2 Å². The Morgan fingerprint density at radius 2 is 2.18 bits per heavy atom. The quantitative estimate of drug-likeness (QED) is 0.573. The molecule has 3 N–H and O–H groups in total. The molecule has 10 heteroatoms. The van der Waals surface area contributed by atoms with Gasteiger partial charge in [0.15, 0.2) is 29.4 Å². The van der Waals surface area contributed by atoms with Crippen LogP contribution in [-0.2, 0) is 11.3 Å². The van der Waals surface area contributed by atoms with Gasteiger partial charge in [-0.15, -0.1) is 0 Å². The molecule has 9 nitrogen and oxygen atoms in total. The number of aliphatic hydroxyl groups is 2. The number of nitrogens with one attached hydrogen (secondary N) is 1. The molecule has 1 aliphatic rings. The number of aliphatic hydroxyl groups excluding tert-OH is 2. The monoisotopic (exact) mass is 389 g/mol. The number of halogens is 1. The molecule has 28 heavy (non-hydrogen) atoms. The first-order valence-corrected chi connectivity index (χ1v) is 8.75. The van der Waals surface area contributed by atoms with Crippen LogP contribution >= 0.6 is 0 Å². The van der Waals surface area contributed by atoms with E-state index in [4.69, 9.17) is 9.47 Å². The molecule has 3 heterocycles. The largest absolute Gasteiger partial charge is 0.497 e. The zero-order chi connectivity index (χ0) is 19.7. The molecule has 0 bridgehead atoms. The lowest BCUT2D eigenvalue weighted by molar-refractivity contribution is -0.0495. The number of anilines is 1. The molecule has 1 aliphatic heterocycles. The maximum absolute atomic E-state index is 14.0. The summed E-state index contributed by atoms with van der Waals surface area (Å²) in [5.41, 5.74) is 1.84. The average Bonchev–Trinajstić information content (AvgIpc) is 3.28. The van der Waals surface area contributed by atoms with E-state index >= 15 is 0 Å². The summed E-state index contributed by atoms with van der Waals surface area (Å²) >= 11 is 0. The summed E-state index contributed by atoms with van der Waals surface area (Å²) in [6.45, 7) is -0.0401. The number of ether oxygens (including phenoxy) is 2. The summed E-state index contributed by atoms with van der Waals surface area (Å²) in [6.07, 6.45) is -2.48. The third kappa shape index (κ3) is 3.26. The minimum Gasteiger partial charge on any atom is -0.497 e. The van der Waals surface area contributed by atoms with Gasteiger partial charge in [0.05, 0.1) is 20.0 Å². The van der Waals surface area contributed by atoms with Gasteiger partial charge >= 0.3 is 0 Å². The van der Waals surface area contributed by atoms with Crippen LogP contribution in [-0.4, -0.2) is 61.8 Å². The number of aromatic nitrogens is 4. The molecule has 3 aromatic rings. The zero-order valence-electron chi connectivity index (χ0n) is 15.1. The smallest absolute Gasteiger partial charge is 0.167 e. The van der Waals surface area contributed by atoms with E-state index in [9.17, 15) is 14.6 Å². The van der Waals surface area contributed by atoms with Gasteiger partial charge in [0.2, 0.25) is 0 Å². The van der Waals surface area contributed by atoms with Crippen molar-refractivity contribution in [3.05, 3.63) is 42.5 Å². The first-order chi connectivity index (χ1) is 13.6. The Morgan fingerprint density at radius 1 is 1.32 bits per heavy atom. The number of rotatable bonds is 6. The standard InChI is InChI=1S/C18H20FN5O4/c1-27-11-4-2-3-10(5-11)6-20-16-14-17(22-8-21-16)24(9-23-14)18-15(26)13(19)12(7-25)28-18/h2-5,8-9,12-13,15,18,25-26H,6-7H2,1H3,(H,20,21,22)/t12-,13+,15-,18-/m1/s1. The molecule has 1 saturated heterocycles. The summed E-state index contributed by atoms with van der Waals surface area (Å²) < 4.78 is 26.1. The molecule has 0 unspecified atom stereocenters. The van der Waals surface area contributed by atoms with E-state index in [1.807, 2.05) is 24.3 Å². The minimum absolute atomic E-state index is 0.387. The molecule has 0 amide bonds. The highest BCUT2D eigenvalue weighted by Crippen LogP contribution is 2.33. The summed E-state index contributed by atoms with van der Waals surface area (Å²) in [5.74, 6) is 1.25. The first-order valence-electron chi connectivity index (χ1n) is 8.75. The van der Waals surface area contributed by atoms with E-state index in [-0.39, 0.29) is 0 Å². The van der Waals surface area contributed by atoms with Crippen molar-refractivity contribution >= 4 is 17.0 Å². The number of benzene rings is 1. The highest BCUT2D eigenvalue weighted by molar-refractivity contribution is 5.82. The highest BCUT2D eigenvalue weighted by Gasteiger charge is 2.45. The number of alkyl halides is 1. The van der Waals surface area contributed by atoms with Crippen molar-refractivity contribution in [3.8, 4) is 5.75 Å². The summed E-state index contributed by atoms with van der Waals surface area (Å²) in [7, 11) is 1.61. The Bertz CT molecular complexity index is 968. The summed E-state index contributed by atoms with van der Waals surface area (Å²) in [5, 5.41) is 22.5. The fourth-order valence-corrected chi connectivity index (χ4v) is 3.22. The molecule has 4 atom stereocenters. The number of nitrogens with zero attached hydrogens (tertiary/aromatic N) is 4. The fraction of sp³-hybridized carbons (Fsp3) is 0.389. The lowest BCUT2D eigenvalue weighted by Crippen LogP contribution is -2.29. The van der Waals surface area contributed by atoms with Gasteiger partial charge in [0, 0.05) is 6.54 Å². The third-order valence-corrected chi connectivity index (χ3v) is 4.69. The van der Waals surface area contributed by atoms with Crippen molar-refractivity contribution < 1.29 is 24.1 Å². The van der Waals surface area contributed by atoms with Gasteiger partial charge in [-0.25, -0.2) is 19.3 Å². The Balaban J connectivity index is 1.58. The molecular formula is C18H20FN5O4. The van der Waals surface area contributed by atoms with E-state index < -0.39 is 31.2 Å². The van der Waals surface area contributed by atoms with Gasteiger partial charge in [-0.2, -0.15) is 0 Å². The van der Waals surface area contributed by atoms with Crippen molar-refractivity contribution in [1.29, 1.82) is 0 Å². The number of hydrogen-bond donors (Lipinski definition) is 3. The van der Waals surface area contributed by atoms with Gasteiger partial charge in [-0.3, -0.25) is 4.57 Å². The van der Waals surface area contributed by atoms with Gasteiger partial charge < -0.3 is 25.0 Å². The van der Waals surface area contributed by atoms with Gasteiger partial charge in [0.1, 0.15) is 24.3 Å². The van der Waals surface area contributed by atoms with Crippen molar-refractivity contribution in [2.75, 3.05) is 19.0 Å². The maximum atomic E-state index is 14.0. The maximum Gasteiger partial charge on any atom is 0.167 e. The number of methoxy groups -OCH3 is 1. The number of hydrogen-bond acceptors (Lipinski definition) is 8. The van der Waals surface area contributed by atoms with Crippen LogP contribution in [0.4, 0.5) is 10.2 Å². The van der Waals surface area contributed by atoms with Crippen molar-refractivity contribution in [2.45, 2.75) is 31.2 Å². The number of fused-ring (bicyclic) bond motifs is 1. The second kappa shape index (κ2) is 7.66. The van der Waals surface area contributed by atoms with Crippen LogP contribution < -0.4 is 10.1 Å². The second-order valence-corrected chi connectivity index (χ2v) is 6.43. The van der Waals surface area contributed by atoms with Crippen LogP contribution in [0.1, 0.15) is 11.8 Å². The fourth-order valence-electron chi connectivity index (χ4n) is 3.22. The third-order valence-electron chi connectivity index (χ3n) is 4.69. The molecule has 0 radical (unpaired) electrons. The van der Waals surface area contributed by atoms with Crippen LogP contribution in [0.15, 0.2) is 36.9 Å². The van der Waals surface area contributed by atoms with Gasteiger partial charge in [-0.1, -0.05) is 12.1 Å². The first kappa shape index (κ1) is 18.5. The predicted molar refractivity (Wildman–Crippen MR) is 97.5 cm³/mol. The van der Waals surface area contributed by atoms with Crippen LogP contribution in [0.2, 0.25) is 0 Å². The van der Waals surface area contributed by atoms with Gasteiger partial charge in [-0.05, 0) is 17.7 Å². The average molecular weight is 389 g/mol. The van der Waals surface area contributed by atoms with E-state index in [1.165, 1.54) is 17.2 Å². The lowest BCUT2D eigenvalue weighted by Gasteiger charge is -2.16. The van der Waals surface area contributed by atoms with Crippen molar-refractivity contribution in [2.24, 2.45) is 0 Å². The van der Waals surface area contributed by atoms with Crippen molar-refractivity contribution in [3.63, 3.8) is 0 Å². The minimum atomic E-state index is -1.69. The highest BCUT2D eigenvalue weighted by atomic mass is 19.1. The van der Waals surface area contributed by atoms with Crippen LogP contribution in [0, 0.1) is 0 Å². The van der Waals surface area contributed by atoms with Crippen LogP contribution in [0.5, 0.6) is 5.75 Å². The molecule has 0 spiro atoms. The van der Waals surface area contributed by atoms with Gasteiger partial charge in [0.25, 0.3) is 0 Å². The molecule has 0 saturated carbocycles. The van der Waals surface area contributed by atoms with E-state index in [0.29, 0.717) is 23.5 Å². The molecular weight excluding hydrogens is 369 g/mol. The molecule has 1 aromatic carbocycles. The SMILES string of the molecule is COc1cccc(CNc2ncnc3c2ncn3[C@@H]2O[C@H](CO)[C@H](F)[C@H]2O)c1.